The zero-order valence-electron chi connectivity index (χ0n) is 59.5. The first-order valence-corrected chi connectivity index (χ1v) is 33.7. The number of nitriles is 1. The van der Waals surface area contributed by atoms with Gasteiger partial charge in [0.25, 0.3) is 0 Å². The van der Waals surface area contributed by atoms with Crippen LogP contribution in [0.1, 0.15) is 251 Å². The van der Waals surface area contributed by atoms with Gasteiger partial charge >= 0.3 is 0 Å². The van der Waals surface area contributed by atoms with Crippen molar-refractivity contribution in [3.8, 4) is 6.07 Å². The number of halogens is 2. The number of aryl methyl sites for hydroxylation is 5. The van der Waals surface area contributed by atoms with E-state index in [0.29, 0.717) is 53.6 Å². The summed E-state index contributed by atoms with van der Waals surface area (Å²) in [7, 11) is 0. The number of rotatable bonds is 8. The van der Waals surface area contributed by atoms with Gasteiger partial charge in [-0.1, -0.05) is 168 Å². The number of carbonyl (C=O) groups is 1. The first kappa shape index (κ1) is 83.7. The molecule has 10 heteroatoms. The van der Waals surface area contributed by atoms with Crippen LogP contribution >= 0.6 is 0 Å². The van der Waals surface area contributed by atoms with Gasteiger partial charge in [0.2, 0.25) is 6.54 Å². The summed E-state index contributed by atoms with van der Waals surface area (Å²) < 4.78 is 46.3. The molecule has 0 atom stereocenters. The molecule has 4 aromatic rings. The largest absolute Gasteiger partial charge is 0.381 e. The van der Waals surface area contributed by atoms with E-state index in [1.165, 1.54) is 137 Å². The monoisotopic (exact) mass is 1230 g/mol. The van der Waals surface area contributed by atoms with Crippen LogP contribution < -0.4 is 0 Å². The van der Waals surface area contributed by atoms with Crippen LogP contribution in [-0.2, 0) is 31.8 Å². The lowest BCUT2D eigenvalue weighted by Gasteiger charge is -2.44. The average molecular weight is 1230 g/mol. The molecule has 0 bridgehead atoms. The molecule has 5 aliphatic rings. The maximum atomic E-state index is 12.6. The lowest BCUT2D eigenvalue weighted by molar-refractivity contribution is -0.170. The third-order valence-electron chi connectivity index (χ3n) is 16.4. The number of nitrogens with zero attached hydrogens (tertiary/aromatic N) is 3. The van der Waals surface area contributed by atoms with Crippen LogP contribution in [0.15, 0.2) is 84.9 Å². The normalized spacial score (nSPS) is 18.8. The summed E-state index contributed by atoms with van der Waals surface area (Å²) >= 11 is 0. The summed E-state index contributed by atoms with van der Waals surface area (Å²) in [5, 5.41) is 8.57. The van der Waals surface area contributed by atoms with Gasteiger partial charge in [-0.15, -0.1) is 0 Å². The molecule has 2 aliphatic carbocycles. The molecule has 3 aliphatic heterocycles. The van der Waals surface area contributed by atoms with Gasteiger partial charge in [-0.2, -0.15) is 5.26 Å². The summed E-state index contributed by atoms with van der Waals surface area (Å²) in [5.41, 5.74) is 8.47. The number of ether oxygens (including phenoxy) is 4. The van der Waals surface area contributed by atoms with E-state index in [0.717, 1.165) is 79.8 Å². The van der Waals surface area contributed by atoms with Crippen LogP contribution in [-0.4, -0.2) is 63.2 Å². The van der Waals surface area contributed by atoms with Crippen LogP contribution in [0.5, 0.6) is 0 Å². The third kappa shape index (κ3) is 42.4. The Morgan fingerprint density at radius 3 is 1.61 bits per heavy atom. The fourth-order valence-electron chi connectivity index (χ4n) is 11.2. The van der Waals surface area contributed by atoms with E-state index in [-0.39, 0.29) is 28.6 Å². The summed E-state index contributed by atoms with van der Waals surface area (Å²) in [6.45, 7) is 59.6. The van der Waals surface area contributed by atoms with Crippen LogP contribution in [0.25, 0.3) is 9.69 Å². The number of Topliss-reactive ketones (excluding diaryl/α,β-unsaturated/α-hetero) is 1. The maximum absolute atomic E-state index is 12.6. The molecule has 9 rings (SSSR count). The quantitative estimate of drug-likeness (QED) is 0.0992. The van der Waals surface area contributed by atoms with E-state index in [9.17, 15) is 13.6 Å². The zero-order chi connectivity index (χ0) is 67.5. The van der Waals surface area contributed by atoms with Gasteiger partial charge in [-0.25, -0.2) is 20.2 Å². The Kier molecular flexibility index (Phi) is 44.0. The number of hydrogen-bond acceptors (Lipinski definition) is 6. The van der Waals surface area contributed by atoms with E-state index in [2.05, 4.69) is 131 Å². The Bertz CT molecular complexity index is 2570. The van der Waals surface area contributed by atoms with Crippen LogP contribution in [0.3, 0.4) is 0 Å². The molecular weight excluding hydrogens is 1110 g/mol. The first-order chi connectivity index (χ1) is 41.9. The Labute approximate surface area is 543 Å². The van der Waals surface area contributed by atoms with Crippen molar-refractivity contribution in [1.82, 2.24) is 0 Å². The van der Waals surface area contributed by atoms with E-state index >= 15 is 0 Å². The molecule has 89 heavy (non-hydrogen) atoms. The van der Waals surface area contributed by atoms with E-state index < -0.39 is 0 Å². The lowest BCUT2D eigenvalue weighted by Crippen LogP contribution is -2.44. The maximum Gasteiger partial charge on any atom is 0.237 e. The molecule has 0 amide bonds. The van der Waals surface area contributed by atoms with Gasteiger partial charge in [-0.05, 0) is 214 Å². The second kappa shape index (κ2) is 46.7. The van der Waals surface area contributed by atoms with E-state index in [1.54, 1.807) is 6.92 Å². The molecule has 498 valence electrons. The number of hydrogen-bond donors (Lipinski definition) is 0. The van der Waals surface area contributed by atoms with Gasteiger partial charge in [-0.3, -0.25) is 4.79 Å². The van der Waals surface area contributed by atoms with Crippen molar-refractivity contribution in [2.75, 3.05) is 46.2 Å². The summed E-state index contributed by atoms with van der Waals surface area (Å²) in [6.07, 6.45) is 21.4. The lowest BCUT2D eigenvalue weighted by atomic mass is 9.78. The number of benzene rings is 4. The van der Waals surface area contributed by atoms with Crippen molar-refractivity contribution in [3.63, 3.8) is 0 Å². The molecule has 8 nitrogen and oxygen atoms in total. The van der Waals surface area contributed by atoms with Gasteiger partial charge in [0.15, 0.2) is 11.5 Å². The topological polar surface area (TPSA) is 86.5 Å². The average Bonchev–Trinajstić information content (AvgIpc) is 1.43. The van der Waals surface area contributed by atoms with Crippen LogP contribution in [0.2, 0.25) is 0 Å². The molecule has 2 saturated carbocycles. The summed E-state index contributed by atoms with van der Waals surface area (Å²) in [4.78, 5) is 17.4. The highest BCUT2D eigenvalue weighted by molar-refractivity contribution is 5.95. The predicted molar refractivity (Wildman–Crippen MR) is 372 cm³/mol. The van der Waals surface area contributed by atoms with Gasteiger partial charge in [0.05, 0.1) is 29.4 Å². The number of ketones is 1. The molecule has 3 saturated heterocycles. The van der Waals surface area contributed by atoms with Gasteiger partial charge in [0.1, 0.15) is 18.2 Å². The Hall–Kier alpha value is -5.28. The van der Waals surface area contributed by atoms with Gasteiger partial charge in [0, 0.05) is 45.0 Å². The first-order valence-electron chi connectivity index (χ1n) is 33.7. The highest BCUT2D eigenvalue weighted by atomic mass is 19.1. The van der Waals surface area contributed by atoms with Crippen LogP contribution in [0.4, 0.5) is 14.5 Å². The van der Waals surface area contributed by atoms with Crippen LogP contribution in [0, 0.1) is 91.4 Å². The van der Waals surface area contributed by atoms with Crippen molar-refractivity contribution in [3.05, 3.63) is 158 Å². The molecule has 4 aromatic carbocycles. The smallest absolute Gasteiger partial charge is 0.237 e. The molecular formula is C79H123F2N3O5. The molecule has 0 aromatic heterocycles. The SMILES string of the molecule is CC1(C)CCCCC1.CC1(C)CCOCC1.CC1CC(C)(C)OC(C)(C)C1.CC1CC(C)C1.CCC(=O)c1cccc(C)c1.CCC1CCOCC1.CCc1cc(F)ccc1C#N.CCc1ccc(C)cc1.[C-]#[N+]CCOCC.[C-]#[N+]c1ccc(F)c(C)c1. The molecule has 3 heterocycles. The second-order valence-corrected chi connectivity index (χ2v) is 27.7. The summed E-state index contributed by atoms with van der Waals surface area (Å²) in [5.74, 6) is 3.53. The minimum Gasteiger partial charge on any atom is -0.381 e. The Balaban J connectivity index is 0.000000971. The van der Waals surface area contributed by atoms with Gasteiger partial charge < -0.3 is 23.8 Å². The third-order valence-corrected chi connectivity index (χ3v) is 16.4. The standard InChI is InChI=1S/C10H20O.C10H12O.C9H8FN.C9H12.C8H6FN.C8H16.2C7H14O.C6H12.C5H9NO/c1-8-6-9(2,3)11-10(4,5)7-8;1-3-10(11)9-6-4-5-8(2)7-9;1-2-7-5-9(10)4-3-8(7)6-11;1-3-9-6-4-8(2)5-7-9;1-6-5-7(10-2)3-4-8(6)9;1-8(2)6-4-3-5-7-8;1-7(2)3-5-8-6-4-7;1-2-7-3-5-8-6-4-7;1-5-3-6(2)4-5;1-3-7-5-4-6-2/h8H,6-7H2,1-5H3;4-7H,3H2,1-2H3;3-5H,2H2,1H3;4-7H,3H2,1-2H3;3-5H,1H3;3-7H2,1-2H3;3-6H2,1-2H3;7H,2-6H2,1H3;5-6H,3-4H2,1-2H3;3-5H2,1H3. The Morgan fingerprint density at radius 2 is 1.22 bits per heavy atom. The minimum atomic E-state index is -0.277. The predicted octanol–water partition coefficient (Wildman–Crippen LogP) is 22.7. The van der Waals surface area contributed by atoms with Crippen molar-refractivity contribution in [2.45, 2.75) is 252 Å². The highest BCUT2D eigenvalue weighted by Gasteiger charge is 2.37. The molecule has 0 radical (unpaired) electrons. The number of carbonyl (C=O) groups excluding carboxylic acids is 1. The fraction of sp³-hybridized carbons (Fsp3) is 0.646. The van der Waals surface area contributed by atoms with Crippen molar-refractivity contribution in [1.29, 1.82) is 5.26 Å². The molecule has 5 fully saturated rings. The zero-order valence-corrected chi connectivity index (χ0v) is 59.5. The summed E-state index contributed by atoms with van der Waals surface area (Å²) in [6, 6.07) is 26.9. The van der Waals surface area contributed by atoms with E-state index in [4.69, 9.17) is 37.4 Å². The minimum absolute atomic E-state index is 0.0845. The fourth-order valence-corrected chi connectivity index (χ4v) is 11.2. The molecule has 0 spiro atoms. The van der Waals surface area contributed by atoms with E-state index in [1.807, 2.05) is 58.0 Å². The second-order valence-electron chi connectivity index (χ2n) is 27.7. The molecule has 0 N–H and O–H groups in total. The van der Waals surface area contributed by atoms with Crippen molar-refractivity contribution >= 4 is 11.5 Å². The van der Waals surface area contributed by atoms with Crippen molar-refractivity contribution < 1.29 is 32.5 Å². The van der Waals surface area contributed by atoms with Crippen molar-refractivity contribution in [2.24, 2.45) is 34.5 Å². The molecule has 0 unspecified atom stereocenters. The highest BCUT2D eigenvalue weighted by Crippen LogP contribution is 2.38. The Morgan fingerprint density at radius 1 is 0.663 bits per heavy atom.